The second kappa shape index (κ2) is 5.19. The molecule has 0 aliphatic carbocycles. The van der Waals surface area contributed by atoms with Crippen molar-refractivity contribution in [3.05, 3.63) is 35.9 Å². The maximum Gasteiger partial charge on any atom is 0.184 e. The molecule has 0 saturated carbocycles. The van der Waals surface area contributed by atoms with Crippen molar-refractivity contribution in [1.82, 2.24) is 0 Å². The Morgan fingerprint density at radius 3 is 2.67 bits per heavy atom. The van der Waals surface area contributed by atoms with E-state index in [1.807, 2.05) is 30.3 Å². The number of hydrogen-bond donors (Lipinski definition) is 0. The van der Waals surface area contributed by atoms with E-state index in [0.29, 0.717) is 13.0 Å². The van der Waals surface area contributed by atoms with Crippen LogP contribution in [0.4, 0.5) is 0 Å². The lowest BCUT2D eigenvalue weighted by Gasteiger charge is -2.44. The third-order valence-electron chi connectivity index (χ3n) is 4.30. The number of ether oxygens (including phenoxy) is 5. The molecule has 1 spiro atoms. The van der Waals surface area contributed by atoms with E-state index < -0.39 is 11.9 Å². The molecule has 3 fully saturated rings. The smallest absolute Gasteiger partial charge is 0.184 e. The first-order valence-corrected chi connectivity index (χ1v) is 7.49. The van der Waals surface area contributed by atoms with Crippen molar-refractivity contribution in [2.75, 3.05) is 13.7 Å². The highest BCUT2D eigenvalue weighted by Gasteiger charge is 2.68. The minimum atomic E-state index is -0.526. The minimum Gasteiger partial charge on any atom is -0.356 e. The van der Waals surface area contributed by atoms with E-state index in [0.717, 1.165) is 5.56 Å². The minimum absolute atomic E-state index is 0.229. The SMILES string of the molecule is CO[C@@H]1C[C@@]2(OC2Cl)[C@@H]2O[C@H](c3ccccc3)OC[C@H]2O1. The molecule has 0 bridgehead atoms. The summed E-state index contributed by atoms with van der Waals surface area (Å²) in [6.07, 6.45) is -0.659. The monoisotopic (exact) mass is 312 g/mol. The van der Waals surface area contributed by atoms with Crippen LogP contribution in [0.25, 0.3) is 0 Å². The van der Waals surface area contributed by atoms with Crippen LogP contribution in [0, 0.1) is 0 Å². The van der Waals surface area contributed by atoms with Crippen molar-refractivity contribution in [2.45, 2.75) is 42.4 Å². The Labute approximate surface area is 128 Å². The van der Waals surface area contributed by atoms with E-state index >= 15 is 0 Å². The van der Waals surface area contributed by atoms with E-state index in [9.17, 15) is 0 Å². The Kier molecular flexibility index (Phi) is 3.45. The largest absolute Gasteiger partial charge is 0.356 e. The van der Waals surface area contributed by atoms with Gasteiger partial charge in [0.25, 0.3) is 0 Å². The van der Waals surface area contributed by atoms with Gasteiger partial charge in [0, 0.05) is 19.1 Å². The maximum atomic E-state index is 6.20. The molecule has 0 N–H and O–H groups in total. The van der Waals surface area contributed by atoms with Crippen LogP contribution in [0.1, 0.15) is 18.3 Å². The molecule has 114 valence electrons. The molecule has 21 heavy (non-hydrogen) atoms. The molecular formula is C15H17ClO5. The summed E-state index contributed by atoms with van der Waals surface area (Å²) in [6.45, 7) is 0.429. The average Bonchev–Trinajstić information content (AvgIpc) is 3.17. The normalized spacial score (nSPS) is 45.3. The van der Waals surface area contributed by atoms with Crippen LogP contribution < -0.4 is 0 Å². The standard InChI is InChI=1S/C15H17ClO5/c1-17-11-7-15(14(16)21-15)12-10(19-11)8-18-13(20-12)9-5-3-2-4-6-9/h2-6,10-14H,7-8H2,1H3/t10-,11+,12-,13-,14?,15-/m1/s1. The molecule has 1 aromatic rings. The van der Waals surface area contributed by atoms with Crippen molar-refractivity contribution in [1.29, 1.82) is 0 Å². The van der Waals surface area contributed by atoms with Gasteiger partial charge in [0.2, 0.25) is 0 Å². The number of hydrogen-bond acceptors (Lipinski definition) is 5. The van der Waals surface area contributed by atoms with Gasteiger partial charge < -0.3 is 23.7 Å². The summed E-state index contributed by atoms with van der Waals surface area (Å²) in [7, 11) is 1.61. The second-order valence-electron chi connectivity index (χ2n) is 5.57. The molecule has 0 amide bonds. The fraction of sp³-hybridized carbons (Fsp3) is 0.600. The molecule has 6 atom stereocenters. The highest BCUT2D eigenvalue weighted by Crippen LogP contribution is 2.53. The van der Waals surface area contributed by atoms with Crippen molar-refractivity contribution in [2.24, 2.45) is 0 Å². The van der Waals surface area contributed by atoms with Gasteiger partial charge in [-0.05, 0) is 0 Å². The van der Waals surface area contributed by atoms with Crippen molar-refractivity contribution in [3.8, 4) is 0 Å². The highest BCUT2D eigenvalue weighted by molar-refractivity contribution is 6.22. The third-order valence-corrected chi connectivity index (χ3v) is 4.76. The topological polar surface area (TPSA) is 49.5 Å². The van der Waals surface area contributed by atoms with E-state index in [-0.39, 0.29) is 24.1 Å². The van der Waals surface area contributed by atoms with Gasteiger partial charge in [-0.2, -0.15) is 0 Å². The Bertz CT molecular complexity index is 512. The van der Waals surface area contributed by atoms with Gasteiger partial charge in [-0.15, -0.1) is 0 Å². The molecule has 6 heteroatoms. The van der Waals surface area contributed by atoms with Gasteiger partial charge in [0.1, 0.15) is 17.8 Å². The van der Waals surface area contributed by atoms with Gasteiger partial charge in [-0.25, -0.2) is 0 Å². The highest BCUT2D eigenvalue weighted by atomic mass is 35.5. The molecular weight excluding hydrogens is 296 g/mol. The number of fused-ring (bicyclic) bond motifs is 2. The van der Waals surface area contributed by atoms with Crippen LogP contribution in [-0.4, -0.2) is 43.4 Å². The average molecular weight is 313 g/mol. The molecule has 0 aromatic heterocycles. The zero-order chi connectivity index (χ0) is 14.4. The van der Waals surface area contributed by atoms with Gasteiger partial charge in [0.05, 0.1) is 6.61 Å². The molecule has 5 nitrogen and oxygen atoms in total. The van der Waals surface area contributed by atoms with Crippen molar-refractivity contribution >= 4 is 11.6 Å². The molecule has 3 saturated heterocycles. The first-order valence-electron chi connectivity index (χ1n) is 7.05. The Morgan fingerprint density at radius 1 is 1.24 bits per heavy atom. The summed E-state index contributed by atoms with van der Waals surface area (Å²) in [6, 6.07) is 9.83. The molecule has 1 aromatic carbocycles. The lowest BCUT2D eigenvalue weighted by Crippen LogP contribution is -2.57. The van der Waals surface area contributed by atoms with E-state index in [1.54, 1.807) is 7.11 Å². The summed E-state index contributed by atoms with van der Waals surface area (Å²) < 4.78 is 28.7. The molecule has 3 aliphatic heterocycles. The fourth-order valence-corrected chi connectivity index (χ4v) is 3.49. The van der Waals surface area contributed by atoms with E-state index in [4.69, 9.17) is 35.3 Å². The predicted octanol–water partition coefficient (Wildman–Crippen LogP) is 2.20. The molecule has 3 aliphatic rings. The third kappa shape index (κ3) is 2.29. The van der Waals surface area contributed by atoms with Gasteiger partial charge in [0.15, 0.2) is 18.1 Å². The number of rotatable bonds is 2. The van der Waals surface area contributed by atoms with Gasteiger partial charge >= 0.3 is 0 Å². The lowest BCUT2D eigenvalue weighted by molar-refractivity contribution is -0.329. The number of epoxide rings is 1. The Morgan fingerprint density at radius 2 is 2.00 bits per heavy atom. The van der Waals surface area contributed by atoms with Gasteiger partial charge in [-0.1, -0.05) is 41.9 Å². The molecule has 0 radical (unpaired) electrons. The van der Waals surface area contributed by atoms with Crippen LogP contribution in [0.15, 0.2) is 30.3 Å². The van der Waals surface area contributed by atoms with Crippen molar-refractivity contribution in [3.63, 3.8) is 0 Å². The number of benzene rings is 1. The van der Waals surface area contributed by atoms with Crippen LogP contribution in [0.2, 0.25) is 0 Å². The summed E-state index contributed by atoms with van der Waals surface area (Å²) in [5.41, 5.74) is 0.0925. The maximum absolute atomic E-state index is 6.20. The number of alkyl halides is 1. The van der Waals surface area contributed by atoms with E-state index in [1.165, 1.54) is 0 Å². The van der Waals surface area contributed by atoms with Crippen LogP contribution in [0.5, 0.6) is 0 Å². The van der Waals surface area contributed by atoms with E-state index in [2.05, 4.69) is 0 Å². The number of halogens is 1. The predicted molar refractivity (Wildman–Crippen MR) is 73.8 cm³/mol. The zero-order valence-corrected chi connectivity index (χ0v) is 12.4. The van der Waals surface area contributed by atoms with Crippen LogP contribution in [-0.2, 0) is 23.7 Å². The second-order valence-corrected chi connectivity index (χ2v) is 5.96. The quantitative estimate of drug-likeness (QED) is 0.619. The van der Waals surface area contributed by atoms with Gasteiger partial charge in [-0.3, -0.25) is 0 Å². The fourth-order valence-electron chi connectivity index (χ4n) is 3.11. The zero-order valence-electron chi connectivity index (χ0n) is 11.6. The number of methoxy groups -OCH3 is 1. The molecule has 4 rings (SSSR count). The Balaban J connectivity index is 1.56. The molecule has 1 unspecified atom stereocenters. The lowest BCUT2D eigenvalue weighted by atomic mass is 9.91. The van der Waals surface area contributed by atoms with Crippen LogP contribution in [0.3, 0.4) is 0 Å². The first kappa shape index (κ1) is 13.9. The van der Waals surface area contributed by atoms with Crippen LogP contribution >= 0.6 is 11.6 Å². The summed E-state index contributed by atoms with van der Waals surface area (Å²) >= 11 is 6.20. The summed E-state index contributed by atoms with van der Waals surface area (Å²) in [4.78, 5) is 0. The molecule has 3 heterocycles. The van der Waals surface area contributed by atoms with Crippen molar-refractivity contribution < 1.29 is 23.7 Å². The summed E-state index contributed by atoms with van der Waals surface area (Å²) in [5.74, 6) is 0. The first-order chi connectivity index (χ1) is 10.2. The Hall–Kier alpha value is -0.690. The summed E-state index contributed by atoms with van der Waals surface area (Å²) in [5, 5.41) is 0.